The van der Waals surface area contributed by atoms with E-state index in [0.717, 1.165) is 25.2 Å². The molecule has 0 saturated heterocycles. The van der Waals surface area contributed by atoms with Crippen LogP contribution in [0, 0.1) is 0 Å². The van der Waals surface area contributed by atoms with Crippen molar-refractivity contribution in [3.8, 4) is 0 Å². The van der Waals surface area contributed by atoms with Gasteiger partial charge < -0.3 is 5.32 Å². The van der Waals surface area contributed by atoms with E-state index in [0.29, 0.717) is 0 Å². The summed E-state index contributed by atoms with van der Waals surface area (Å²) in [5.41, 5.74) is 3.42. The highest BCUT2D eigenvalue weighted by molar-refractivity contribution is 9.12. The Morgan fingerprint density at radius 3 is 2.71 bits per heavy atom. The Labute approximate surface area is 144 Å². The molecule has 5 heteroatoms. The minimum absolute atomic E-state index is 0.246. The van der Waals surface area contributed by atoms with E-state index in [4.69, 9.17) is 4.98 Å². The maximum Gasteiger partial charge on any atom is 0.0758 e. The van der Waals surface area contributed by atoms with Crippen molar-refractivity contribution in [3.63, 3.8) is 0 Å². The molecule has 0 aliphatic carbocycles. The Morgan fingerprint density at radius 1 is 1.19 bits per heavy atom. The standard InChI is InChI=1S/C16H14Br2N2S/c1-19-14(12-9-15(17)21-16(12)18)8-11-7-6-10-4-2-3-5-13(10)20-11/h2-7,9,14,19H,8H2,1H3. The highest BCUT2D eigenvalue weighted by Crippen LogP contribution is 2.36. The van der Waals surface area contributed by atoms with Crippen LogP contribution in [0.5, 0.6) is 0 Å². The van der Waals surface area contributed by atoms with Crippen LogP contribution in [-0.2, 0) is 6.42 Å². The van der Waals surface area contributed by atoms with Gasteiger partial charge in [-0.3, -0.25) is 4.98 Å². The molecule has 0 fully saturated rings. The molecule has 1 aromatic carbocycles. The Bertz CT molecular complexity index is 770. The maximum atomic E-state index is 4.76. The zero-order valence-corrected chi connectivity index (χ0v) is 15.4. The fraction of sp³-hybridized carbons (Fsp3) is 0.188. The molecule has 0 radical (unpaired) electrons. The van der Waals surface area contributed by atoms with Crippen molar-refractivity contribution in [1.82, 2.24) is 10.3 Å². The lowest BCUT2D eigenvalue weighted by Gasteiger charge is -2.15. The Balaban J connectivity index is 1.90. The minimum atomic E-state index is 0.246. The molecule has 0 aliphatic rings. The monoisotopic (exact) mass is 424 g/mol. The first-order valence-corrected chi connectivity index (χ1v) is 9.04. The van der Waals surface area contributed by atoms with Crippen molar-refractivity contribution < 1.29 is 0 Å². The number of nitrogens with one attached hydrogen (secondary N) is 1. The number of halogens is 2. The minimum Gasteiger partial charge on any atom is -0.313 e. The second-order valence-electron chi connectivity index (χ2n) is 4.82. The van der Waals surface area contributed by atoms with Gasteiger partial charge in [0.25, 0.3) is 0 Å². The summed E-state index contributed by atoms with van der Waals surface area (Å²) in [6, 6.07) is 14.9. The van der Waals surface area contributed by atoms with E-state index >= 15 is 0 Å². The number of hydrogen-bond donors (Lipinski definition) is 1. The van der Waals surface area contributed by atoms with E-state index in [-0.39, 0.29) is 6.04 Å². The summed E-state index contributed by atoms with van der Waals surface area (Å²) in [7, 11) is 1.99. The Morgan fingerprint density at radius 2 is 2.00 bits per heavy atom. The van der Waals surface area contributed by atoms with Crippen LogP contribution < -0.4 is 5.32 Å². The fourth-order valence-electron chi connectivity index (χ4n) is 2.39. The molecular formula is C16H14Br2N2S. The number of pyridine rings is 1. The van der Waals surface area contributed by atoms with Crippen molar-refractivity contribution in [3.05, 3.63) is 61.3 Å². The van der Waals surface area contributed by atoms with Gasteiger partial charge in [-0.15, -0.1) is 11.3 Å². The molecule has 0 bridgehead atoms. The van der Waals surface area contributed by atoms with Gasteiger partial charge in [-0.05, 0) is 62.7 Å². The van der Waals surface area contributed by atoms with E-state index in [9.17, 15) is 0 Å². The molecule has 0 aliphatic heterocycles. The van der Waals surface area contributed by atoms with Crippen LogP contribution >= 0.6 is 43.2 Å². The zero-order chi connectivity index (χ0) is 14.8. The topological polar surface area (TPSA) is 24.9 Å². The highest BCUT2D eigenvalue weighted by Gasteiger charge is 2.17. The number of rotatable bonds is 4. The van der Waals surface area contributed by atoms with Crippen LogP contribution in [0.1, 0.15) is 17.3 Å². The van der Waals surface area contributed by atoms with Gasteiger partial charge in [0.15, 0.2) is 0 Å². The van der Waals surface area contributed by atoms with Gasteiger partial charge in [-0.2, -0.15) is 0 Å². The highest BCUT2D eigenvalue weighted by atomic mass is 79.9. The van der Waals surface area contributed by atoms with Crippen molar-refractivity contribution in [2.75, 3.05) is 7.05 Å². The maximum absolute atomic E-state index is 4.76. The summed E-state index contributed by atoms with van der Waals surface area (Å²) in [5, 5.41) is 4.57. The number of thiophene rings is 1. The van der Waals surface area contributed by atoms with Crippen molar-refractivity contribution in [2.24, 2.45) is 0 Å². The van der Waals surface area contributed by atoms with Gasteiger partial charge in [-0.1, -0.05) is 24.3 Å². The number of para-hydroxylation sites is 1. The zero-order valence-electron chi connectivity index (χ0n) is 11.4. The average Bonchev–Trinajstić information content (AvgIpc) is 2.83. The molecule has 3 rings (SSSR count). The molecule has 1 N–H and O–H groups in total. The third kappa shape index (κ3) is 3.37. The summed E-state index contributed by atoms with van der Waals surface area (Å²) in [4.78, 5) is 4.76. The molecular weight excluding hydrogens is 412 g/mol. The normalized spacial score (nSPS) is 12.7. The molecule has 0 spiro atoms. The number of fused-ring (bicyclic) bond motifs is 1. The molecule has 108 valence electrons. The van der Waals surface area contributed by atoms with Crippen LogP contribution in [0.4, 0.5) is 0 Å². The summed E-state index contributed by atoms with van der Waals surface area (Å²) in [6.45, 7) is 0. The Kier molecular flexibility index (Phi) is 4.74. The second kappa shape index (κ2) is 6.57. The second-order valence-corrected chi connectivity index (χ2v) is 8.57. The SMILES string of the molecule is CNC(Cc1ccc2ccccc2n1)c1cc(Br)sc1Br. The number of aromatic nitrogens is 1. The lowest BCUT2D eigenvalue weighted by Crippen LogP contribution is -2.19. The molecule has 2 nitrogen and oxygen atoms in total. The van der Waals surface area contributed by atoms with Gasteiger partial charge in [-0.25, -0.2) is 0 Å². The first kappa shape index (κ1) is 15.2. The molecule has 1 atom stereocenters. The fourth-order valence-corrected chi connectivity index (χ4v) is 5.36. The first-order valence-electron chi connectivity index (χ1n) is 6.64. The van der Waals surface area contributed by atoms with Crippen molar-refractivity contribution in [1.29, 1.82) is 0 Å². The molecule has 1 unspecified atom stereocenters. The lowest BCUT2D eigenvalue weighted by molar-refractivity contribution is 0.585. The largest absolute Gasteiger partial charge is 0.313 e. The number of likely N-dealkylation sites (N-methyl/N-ethyl adjacent to an activating group) is 1. The van der Waals surface area contributed by atoms with E-state index in [2.05, 4.69) is 67.5 Å². The quantitative estimate of drug-likeness (QED) is 0.611. The smallest absolute Gasteiger partial charge is 0.0758 e. The first-order chi connectivity index (χ1) is 10.2. The van der Waals surface area contributed by atoms with E-state index < -0.39 is 0 Å². The van der Waals surface area contributed by atoms with E-state index in [1.165, 1.54) is 10.9 Å². The molecule has 2 aromatic heterocycles. The summed E-state index contributed by atoms with van der Waals surface area (Å²) in [6.07, 6.45) is 0.864. The predicted molar refractivity (Wildman–Crippen MR) is 97.0 cm³/mol. The van der Waals surface area contributed by atoms with Gasteiger partial charge in [0.05, 0.1) is 13.1 Å². The van der Waals surface area contributed by atoms with Crippen LogP contribution in [0.15, 0.2) is 50.0 Å². The van der Waals surface area contributed by atoms with Crippen LogP contribution in [-0.4, -0.2) is 12.0 Å². The van der Waals surface area contributed by atoms with Crippen LogP contribution in [0.25, 0.3) is 10.9 Å². The summed E-state index contributed by atoms with van der Waals surface area (Å²) < 4.78 is 2.30. The number of benzene rings is 1. The Hall–Kier alpha value is -0.750. The predicted octanol–water partition coefficient (Wildman–Crippen LogP) is 5.32. The molecule has 0 amide bonds. The van der Waals surface area contributed by atoms with E-state index in [1.54, 1.807) is 11.3 Å². The third-order valence-electron chi connectivity index (χ3n) is 3.48. The molecule has 2 heterocycles. The van der Waals surface area contributed by atoms with Crippen LogP contribution in [0.2, 0.25) is 0 Å². The van der Waals surface area contributed by atoms with Gasteiger partial charge >= 0.3 is 0 Å². The van der Waals surface area contributed by atoms with Gasteiger partial charge in [0.1, 0.15) is 0 Å². The number of nitrogens with zero attached hydrogens (tertiary/aromatic N) is 1. The third-order valence-corrected chi connectivity index (χ3v) is 5.86. The van der Waals surface area contributed by atoms with Crippen LogP contribution in [0.3, 0.4) is 0 Å². The van der Waals surface area contributed by atoms with Gasteiger partial charge in [0.2, 0.25) is 0 Å². The van der Waals surface area contributed by atoms with Gasteiger partial charge in [0, 0.05) is 23.5 Å². The van der Waals surface area contributed by atoms with Crippen molar-refractivity contribution >= 4 is 54.1 Å². The molecule has 0 saturated carbocycles. The molecule has 3 aromatic rings. The average molecular weight is 426 g/mol. The number of hydrogen-bond acceptors (Lipinski definition) is 3. The molecule has 21 heavy (non-hydrogen) atoms. The lowest BCUT2D eigenvalue weighted by atomic mass is 10.0. The van der Waals surface area contributed by atoms with E-state index in [1.807, 2.05) is 19.2 Å². The summed E-state index contributed by atoms with van der Waals surface area (Å²) in [5.74, 6) is 0. The van der Waals surface area contributed by atoms with Crippen molar-refractivity contribution in [2.45, 2.75) is 12.5 Å². The summed E-state index contributed by atoms with van der Waals surface area (Å²) >= 11 is 8.88.